The van der Waals surface area contributed by atoms with Crippen LogP contribution in [0.5, 0.6) is 0 Å². The molecule has 70 valence electrons. The third-order valence-electron chi connectivity index (χ3n) is 1.95. The van der Waals surface area contributed by atoms with Gasteiger partial charge in [-0.3, -0.25) is 4.79 Å². The van der Waals surface area contributed by atoms with Crippen LogP contribution >= 0.6 is 23.4 Å². The van der Waals surface area contributed by atoms with Gasteiger partial charge in [-0.25, -0.2) is 4.39 Å². The molecule has 1 saturated heterocycles. The maximum atomic E-state index is 12.9. The Morgan fingerprint density at radius 3 is 3.31 bits per heavy atom. The number of nitrogens with one attached hydrogen (secondary N) is 1. The summed E-state index contributed by atoms with van der Waals surface area (Å²) < 4.78 is 12.0. The second-order valence-electron chi connectivity index (χ2n) is 2.92. The standard InChI is InChI=1S/C8H7ClFNOS/c9-8-3-5(10)1-2-6(8)11-7(12)4-13-8/h1-3,6H,4H2,(H,11,12). The summed E-state index contributed by atoms with van der Waals surface area (Å²) in [6, 6.07) is -0.306. The highest BCUT2D eigenvalue weighted by molar-refractivity contribution is 8.02. The molecule has 0 aromatic carbocycles. The van der Waals surface area contributed by atoms with Crippen LogP contribution in [0.1, 0.15) is 0 Å². The topological polar surface area (TPSA) is 29.1 Å². The van der Waals surface area contributed by atoms with E-state index in [0.717, 1.165) is 0 Å². The molecule has 1 aliphatic carbocycles. The Kier molecular flexibility index (Phi) is 2.12. The van der Waals surface area contributed by atoms with E-state index in [0.29, 0.717) is 0 Å². The maximum absolute atomic E-state index is 12.9. The van der Waals surface area contributed by atoms with E-state index in [9.17, 15) is 9.18 Å². The molecular formula is C8H7ClFNOS. The first-order chi connectivity index (χ1) is 6.10. The number of rotatable bonds is 0. The Labute approximate surface area is 84.2 Å². The van der Waals surface area contributed by atoms with Crippen molar-refractivity contribution in [3.8, 4) is 0 Å². The first-order valence-electron chi connectivity index (χ1n) is 3.79. The smallest absolute Gasteiger partial charge is 0.230 e. The van der Waals surface area contributed by atoms with Gasteiger partial charge in [0.25, 0.3) is 0 Å². The second-order valence-corrected chi connectivity index (χ2v) is 5.02. The van der Waals surface area contributed by atoms with Crippen molar-refractivity contribution in [3.63, 3.8) is 0 Å². The van der Waals surface area contributed by atoms with Crippen LogP contribution in [0.25, 0.3) is 0 Å². The maximum Gasteiger partial charge on any atom is 0.230 e. The van der Waals surface area contributed by atoms with Gasteiger partial charge in [-0.05, 0) is 12.2 Å². The van der Waals surface area contributed by atoms with Crippen molar-refractivity contribution in [1.29, 1.82) is 0 Å². The highest BCUT2D eigenvalue weighted by atomic mass is 35.5. The van der Waals surface area contributed by atoms with E-state index in [1.54, 1.807) is 6.08 Å². The van der Waals surface area contributed by atoms with Crippen LogP contribution in [-0.2, 0) is 4.79 Å². The zero-order chi connectivity index (χ0) is 9.47. The lowest BCUT2D eigenvalue weighted by Gasteiger charge is -2.36. The zero-order valence-electron chi connectivity index (χ0n) is 6.59. The quantitative estimate of drug-likeness (QED) is 0.627. The Morgan fingerprint density at radius 2 is 2.54 bits per heavy atom. The molecular weight excluding hydrogens is 213 g/mol. The van der Waals surface area contributed by atoms with Crippen LogP contribution in [-0.4, -0.2) is 21.9 Å². The molecule has 2 rings (SSSR count). The molecule has 2 unspecified atom stereocenters. The van der Waals surface area contributed by atoms with Crippen molar-refractivity contribution < 1.29 is 9.18 Å². The summed E-state index contributed by atoms with van der Waals surface area (Å²) in [6.07, 6.45) is 4.23. The summed E-state index contributed by atoms with van der Waals surface area (Å²) >= 11 is 7.36. The highest BCUT2D eigenvalue weighted by Gasteiger charge is 2.41. The largest absolute Gasteiger partial charge is 0.346 e. The average molecular weight is 220 g/mol. The van der Waals surface area contributed by atoms with E-state index in [1.165, 1.54) is 23.9 Å². The summed E-state index contributed by atoms with van der Waals surface area (Å²) in [6.45, 7) is 0. The first kappa shape index (κ1) is 9.09. The SMILES string of the molecule is O=C1CSC2(Cl)C=C(F)C=CC2N1. The van der Waals surface area contributed by atoms with E-state index in [1.807, 2.05) is 0 Å². The third-order valence-corrected chi connectivity index (χ3v) is 3.84. The molecule has 0 bridgehead atoms. The number of amides is 1. The second kappa shape index (κ2) is 3.03. The number of hydrogen-bond acceptors (Lipinski definition) is 2. The molecule has 1 fully saturated rings. The normalized spacial score (nSPS) is 37.8. The minimum absolute atomic E-state index is 0.0633. The number of carbonyl (C=O) groups excluding carboxylic acids is 1. The van der Waals surface area contributed by atoms with Gasteiger partial charge in [0.15, 0.2) is 0 Å². The van der Waals surface area contributed by atoms with Crippen LogP contribution in [0, 0.1) is 0 Å². The van der Waals surface area contributed by atoms with Crippen LogP contribution < -0.4 is 5.32 Å². The predicted molar refractivity (Wildman–Crippen MR) is 51.3 cm³/mol. The molecule has 2 atom stereocenters. The van der Waals surface area contributed by atoms with Crippen molar-refractivity contribution in [2.75, 3.05) is 5.75 Å². The van der Waals surface area contributed by atoms with Crippen molar-refractivity contribution in [2.45, 2.75) is 10.2 Å². The van der Waals surface area contributed by atoms with E-state index < -0.39 is 4.21 Å². The van der Waals surface area contributed by atoms with Crippen LogP contribution in [0.3, 0.4) is 0 Å². The minimum Gasteiger partial charge on any atom is -0.346 e. The fraction of sp³-hybridized carbons (Fsp3) is 0.375. The molecule has 1 heterocycles. The number of thioether (sulfide) groups is 1. The summed E-state index contributed by atoms with van der Waals surface area (Å²) in [5, 5.41) is 2.69. The molecule has 0 spiro atoms. The number of alkyl halides is 1. The van der Waals surface area contributed by atoms with Gasteiger partial charge in [-0.15, -0.1) is 11.8 Å². The number of hydrogen-bond donors (Lipinski definition) is 1. The summed E-state index contributed by atoms with van der Waals surface area (Å²) in [5.74, 6) is -0.140. The number of carbonyl (C=O) groups is 1. The van der Waals surface area contributed by atoms with Crippen LogP contribution in [0.2, 0.25) is 0 Å². The molecule has 2 aliphatic rings. The lowest BCUT2D eigenvalue weighted by molar-refractivity contribution is -0.119. The predicted octanol–water partition coefficient (Wildman–Crippen LogP) is 1.58. The molecule has 1 amide bonds. The van der Waals surface area contributed by atoms with E-state index in [-0.39, 0.29) is 23.5 Å². The van der Waals surface area contributed by atoms with Gasteiger partial charge in [-0.1, -0.05) is 17.7 Å². The van der Waals surface area contributed by atoms with E-state index in [4.69, 9.17) is 11.6 Å². The lowest BCUT2D eigenvalue weighted by atomic mass is 10.1. The van der Waals surface area contributed by atoms with Crippen molar-refractivity contribution >= 4 is 29.3 Å². The van der Waals surface area contributed by atoms with Crippen molar-refractivity contribution in [3.05, 3.63) is 24.1 Å². The molecule has 5 heteroatoms. The molecule has 1 N–H and O–H groups in total. The van der Waals surface area contributed by atoms with Gasteiger partial charge >= 0.3 is 0 Å². The Hall–Kier alpha value is -0.480. The van der Waals surface area contributed by atoms with Crippen LogP contribution in [0.15, 0.2) is 24.1 Å². The number of allylic oxidation sites excluding steroid dienone is 2. The Balaban J connectivity index is 2.28. The fourth-order valence-electron chi connectivity index (χ4n) is 1.31. The van der Waals surface area contributed by atoms with Gasteiger partial charge in [0, 0.05) is 0 Å². The highest BCUT2D eigenvalue weighted by Crippen LogP contribution is 2.41. The summed E-state index contributed by atoms with van der Waals surface area (Å²) in [4.78, 5) is 11.0. The molecule has 1 aliphatic heterocycles. The summed E-state index contributed by atoms with van der Waals surface area (Å²) in [5.41, 5.74) is 0. The van der Waals surface area contributed by atoms with Crippen molar-refractivity contribution in [2.24, 2.45) is 0 Å². The molecule has 0 aromatic rings. The van der Waals surface area contributed by atoms with Gasteiger partial charge < -0.3 is 5.32 Å². The molecule has 0 saturated carbocycles. The van der Waals surface area contributed by atoms with Crippen LogP contribution in [0.4, 0.5) is 4.39 Å². The Bertz CT molecular complexity index is 317. The fourth-order valence-corrected chi connectivity index (χ4v) is 2.66. The zero-order valence-corrected chi connectivity index (χ0v) is 8.16. The number of halogens is 2. The minimum atomic E-state index is -0.841. The molecule has 0 radical (unpaired) electrons. The monoisotopic (exact) mass is 219 g/mol. The van der Waals surface area contributed by atoms with Gasteiger partial charge in [0.2, 0.25) is 5.91 Å². The van der Waals surface area contributed by atoms with E-state index in [2.05, 4.69) is 5.32 Å². The number of fused-ring (bicyclic) bond motifs is 1. The van der Waals surface area contributed by atoms with Gasteiger partial charge in [-0.2, -0.15) is 0 Å². The van der Waals surface area contributed by atoms with Gasteiger partial charge in [0.05, 0.1) is 11.8 Å². The molecule has 0 aromatic heterocycles. The Morgan fingerprint density at radius 1 is 1.77 bits per heavy atom. The lowest BCUT2D eigenvalue weighted by Crippen LogP contribution is -2.51. The van der Waals surface area contributed by atoms with E-state index >= 15 is 0 Å². The summed E-state index contributed by atoms with van der Waals surface area (Å²) in [7, 11) is 0. The first-order valence-corrected chi connectivity index (χ1v) is 5.15. The van der Waals surface area contributed by atoms with Crippen molar-refractivity contribution in [1.82, 2.24) is 5.32 Å². The average Bonchev–Trinajstić information content (AvgIpc) is 2.06. The van der Waals surface area contributed by atoms with Gasteiger partial charge in [0.1, 0.15) is 10.0 Å². The third kappa shape index (κ3) is 1.60. The molecule has 2 nitrogen and oxygen atoms in total. The molecule has 13 heavy (non-hydrogen) atoms.